The Kier molecular flexibility index (Phi) is 14.4. The molecule has 6 heavy (non-hydrogen) atoms. The predicted molar refractivity (Wildman–Crippen MR) is 35.6 cm³/mol. The SMILES string of the molecule is CCCCC.S. The van der Waals surface area contributed by atoms with Crippen molar-refractivity contribution in [1.29, 1.82) is 0 Å². The summed E-state index contributed by atoms with van der Waals surface area (Å²) in [6.45, 7) is 4.42. The van der Waals surface area contributed by atoms with E-state index in [1.54, 1.807) is 0 Å². The molecule has 40 valence electrons. The van der Waals surface area contributed by atoms with E-state index in [0.717, 1.165) is 0 Å². The Morgan fingerprint density at radius 3 is 1.33 bits per heavy atom. The van der Waals surface area contributed by atoms with E-state index in [-0.39, 0.29) is 13.5 Å². The molecule has 0 aromatic heterocycles. The monoisotopic (exact) mass is 106 g/mol. The van der Waals surface area contributed by atoms with Gasteiger partial charge < -0.3 is 0 Å². The molecular weight excluding hydrogens is 92.1 g/mol. The number of rotatable bonds is 2. The molecule has 0 N–H and O–H groups in total. The van der Waals surface area contributed by atoms with Crippen molar-refractivity contribution < 1.29 is 0 Å². The first-order valence-corrected chi connectivity index (χ1v) is 2.41. The summed E-state index contributed by atoms with van der Waals surface area (Å²) in [4.78, 5) is 0. The molecule has 0 unspecified atom stereocenters. The summed E-state index contributed by atoms with van der Waals surface area (Å²) in [5, 5.41) is 0. The van der Waals surface area contributed by atoms with Crippen LogP contribution in [0.2, 0.25) is 0 Å². The lowest BCUT2D eigenvalue weighted by atomic mass is 10.3. The lowest BCUT2D eigenvalue weighted by Crippen LogP contribution is -1.59. The second-order valence-corrected chi connectivity index (χ2v) is 1.35. The Labute approximate surface area is 47.4 Å². The third-order valence-corrected chi connectivity index (χ3v) is 0.707. The van der Waals surface area contributed by atoms with Crippen molar-refractivity contribution in [3.63, 3.8) is 0 Å². The maximum Gasteiger partial charge on any atom is -0.0538 e. The molecule has 0 aliphatic heterocycles. The molecule has 0 spiro atoms. The Bertz CT molecular complexity index is 11.4. The van der Waals surface area contributed by atoms with Crippen LogP contribution in [0.25, 0.3) is 0 Å². The van der Waals surface area contributed by atoms with Crippen molar-refractivity contribution in [2.45, 2.75) is 33.1 Å². The highest BCUT2D eigenvalue weighted by molar-refractivity contribution is 7.59. The normalized spacial score (nSPS) is 7.00. The van der Waals surface area contributed by atoms with Gasteiger partial charge in [-0.2, -0.15) is 13.5 Å². The van der Waals surface area contributed by atoms with Gasteiger partial charge in [-0.05, 0) is 0 Å². The first-order chi connectivity index (χ1) is 2.41. The van der Waals surface area contributed by atoms with E-state index in [2.05, 4.69) is 13.8 Å². The fraction of sp³-hybridized carbons (Fsp3) is 1.00. The average molecular weight is 106 g/mol. The minimum Gasteiger partial charge on any atom is -0.197 e. The first-order valence-electron chi connectivity index (χ1n) is 2.41. The van der Waals surface area contributed by atoms with Gasteiger partial charge in [0.15, 0.2) is 0 Å². The van der Waals surface area contributed by atoms with Crippen molar-refractivity contribution in [1.82, 2.24) is 0 Å². The molecule has 0 aromatic rings. The minimum absolute atomic E-state index is 0. The van der Waals surface area contributed by atoms with Crippen molar-refractivity contribution in [3.05, 3.63) is 0 Å². The summed E-state index contributed by atoms with van der Waals surface area (Å²) in [6.07, 6.45) is 4.08. The van der Waals surface area contributed by atoms with Gasteiger partial charge in [-0.25, -0.2) is 0 Å². The second-order valence-electron chi connectivity index (χ2n) is 1.35. The molecule has 0 aromatic carbocycles. The zero-order valence-electron chi connectivity index (χ0n) is 4.62. The zero-order valence-corrected chi connectivity index (χ0v) is 5.62. The molecule has 0 amide bonds. The van der Waals surface area contributed by atoms with Gasteiger partial charge in [0.1, 0.15) is 0 Å². The van der Waals surface area contributed by atoms with Gasteiger partial charge in [-0.15, -0.1) is 0 Å². The van der Waals surface area contributed by atoms with E-state index >= 15 is 0 Å². The Hall–Kier alpha value is 0.350. The highest BCUT2D eigenvalue weighted by Gasteiger charge is 1.68. The number of unbranched alkanes of at least 4 members (excludes halogenated alkanes) is 2. The third kappa shape index (κ3) is 8.84. The van der Waals surface area contributed by atoms with Gasteiger partial charge in [-0.3, -0.25) is 0 Å². The summed E-state index contributed by atoms with van der Waals surface area (Å²) in [7, 11) is 0. The number of hydrogen-bond acceptors (Lipinski definition) is 0. The maximum absolute atomic E-state index is 2.21. The van der Waals surface area contributed by atoms with E-state index < -0.39 is 0 Å². The van der Waals surface area contributed by atoms with Crippen LogP contribution in [0, 0.1) is 0 Å². The van der Waals surface area contributed by atoms with Gasteiger partial charge in [0.05, 0.1) is 0 Å². The van der Waals surface area contributed by atoms with Crippen molar-refractivity contribution in [2.75, 3.05) is 0 Å². The second kappa shape index (κ2) is 9.02. The maximum atomic E-state index is 2.21. The summed E-state index contributed by atoms with van der Waals surface area (Å²) < 4.78 is 0. The van der Waals surface area contributed by atoms with Crippen molar-refractivity contribution >= 4 is 13.5 Å². The molecule has 0 saturated heterocycles. The molecule has 1 heteroatoms. The third-order valence-electron chi connectivity index (χ3n) is 0.707. The van der Waals surface area contributed by atoms with Crippen LogP contribution in [-0.4, -0.2) is 0 Å². The van der Waals surface area contributed by atoms with E-state index in [4.69, 9.17) is 0 Å². The topological polar surface area (TPSA) is 0 Å². The van der Waals surface area contributed by atoms with Crippen LogP contribution in [0.1, 0.15) is 33.1 Å². The van der Waals surface area contributed by atoms with Gasteiger partial charge in [0.25, 0.3) is 0 Å². The molecule has 0 nitrogen and oxygen atoms in total. The highest BCUT2D eigenvalue weighted by atomic mass is 32.1. The van der Waals surface area contributed by atoms with Crippen molar-refractivity contribution in [3.8, 4) is 0 Å². The molecule has 0 aliphatic carbocycles. The summed E-state index contributed by atoms with van der Waals surface area (Å²) >= 11 is 0. The standard InChI is InChI=1S/C5H12.H2S/c1-3-5-4-2;/h3-5H2,1-2H3;1H2. The minimum atomic E-state index is 0. The lowest BCUT2D eigenvalue weighted by Gasteiger charge is -1.79. The Morgan fingerprint density at radius 1 is 1.00 bits per heavy atom. The Morgan fingerprint density at radius 2 is 1.33 bits per heavy atom. The predicted octanol–water partition coefficient (Wildman–Crippen LogP) is 2.31. The van der Waals surface area contributed by atoms with Crippen LogP contribution in [0.4, 0.5) is 0 Å². The van der Waals surface area contributed by atoms with Crippen LogP contribution in [-0.2, 0) is 0 Å². The van der Waals surface area contributed by atoms with Crippen molar-refractivity contribution in [2.24, 2.45) is 0 Å². The Balaban J connectivity index is 0. The molecule has 0 atom stereocenters. The zero-order chi connectivity index (χ0) is 4.12. The smallest absolute Gasteiger partial charge is 0.0538 e. The molecule has 0 fully saturated rings. The molecule has 0 bridgehead atoms. The van der Waals surface area contributed by atoms with E-state index in [1.807, 2.05) is 0 Å². The summed E-state index contributed by atoms with van der Waals surface area (Å²) in [6, 6.07) is 0. The quantitative estimate of drug-likeness (QED) is 0.506. The van der Waals surface area contributed by atoms with E-state index in [0.29, 0.717) is 0 Å². The van der Waals surface area contributed by atoms with Crippen LogP contribution in [0.3, 0.4) is 0 Å². The van der Waals surface area contributed by atoms with Crippen LogP contribution in [0.5, 0.6) is 0 Å². The van der Waals surface area contributed by atoms with Crippen LogP contribution in [0.15, 0.2) is 0 Å². The summed E-state index contributed by atoms with van der Waals surface area (Å²) in [5.41, 5.74) is 0. The van der Waals surface area contributed by atoms with E-state index in [1.165, 1.54) is 19.3 Å². The van der Waals surface area contributed by atoms with Gasteiger partial charge in [0.2, 0.25) is 0 Å². The number of hydrogen-bond donors (Lipinski definition) is 0. The highest BCUT2D eigenvalue weighted by Crippen LogP contribution is 1.88. The van der Waals surface area contributed by atoms with Gasteiger partial charge in [0, 0.05) is 0 Å². The molecule has 0 rings (SSSR count). The molecule has 0 radical (unpaired) electrons. The average Bonchev–Trinajstić information content (AvgIpc) is 1.41. The molecular formula is C5H14S. The summed E-state index contributed by atoms with van der Waals surface area (Å²) in [5.74, 6) is 0. The first kappa shape index (κ1) is 9.61. The van der Waals surface area contributed by atoms with Gasteiger partial charge in [-0.1, -0.05) is 33.1 Å². The fourth-order valence-corrected chi connectivity index (χ4v) is 0.354. The van der Waals surface area contributed by atoms with Crippen LogP contribution < -0.4 is 0 Å². The molecule has 0 heterocycles. The van der Waals surface area contributed by atoms with Crippen LogP contribution >= 0.6 is 13.5 Å². The molecule has 0 saturated carbocycles. The lowest BCUT2D eigenvalue weighted by molar-refractivity contribution is 0.772. The largest absolute Gasteiger partial charge is 0.197 e. The fourth-order valence-electron chi connectivity index (χ4n) is 0.354. The van der Waals surface area contributed by atoms with E-state index in [9.17, 15) is 0 Å². The molecule has 0 aliphatic rings. The van der Waals surface area contributed by atoms with Gasteiger partial charge >= 0.3 is 0 Å².